The van der Waals surface area contributed by atoms with Crippen LogP contribution in [0.5, 0.6) is 0 Å². The Morgan fingerprint density at radius 3 is 1.91 bits per heavy atom. The predicted molar refractivity (Wildman–Crippen MR) is 186 cm³/mol. The van der Waals surface area contributed by atoms with Crippen molar-refractivity contribution in [3.8, 4) is 5.69 Å². The molecule has 0 spiro atoms. The highest BCUT2D eigenvalue weighted by Gasteiger charge is 2.19. The lowest BCUT2D eigenvalue weighted by atomic mass is 10.1. The van der Waals surface area contributed by atoms with E-state index in [1.165, 1.54) is 64.1 Å². The van der Waals surface area contributed by atoms with E-state index < -0.39 is 0 Å². The van der Waals surface area contributed by atoms with E-state index in [4.69, 9.17) is 0 Å². The summed E-state index contributed by atoms with van der Waals surface area (Å²) >= 11 is 1.87. The van der Waals surface area contributed by atoms with Crippen molar-refractivity contribution in [1.29, 1.82) is 0 Å². The first kappa shape index (κ1) is 24.2. The topological polar surface area (TPSA) is 8.17 Å². The molecule has 202 valence electrons. The average Bonchev–Trinajstić information content (AvgIpc) is 3.61. The summed E-state index contributed by atoms with van der Waals surface area (Å²) < 4.78 is 4.98. The molecule has 0 saturated heterocycles. The van der Waals surface area contributed by atoms with Crippen molar-refractivity contribution < 1.29 is 0 Å². The van der Waals surface area contributed by atoms with Gasteiger partial charge in [0.2, 0.25) is 0 Å². The first-order valence-electron chi connectivity index (χ1n) is 14.6. The minimum absolute atomic E-state index is 1.15. The Hall–Kier alpha value is -5.38. The molecule has 2 heterocycles. The van der Waals surface area contributed by atoms with Gasteiger partial charge in [-0.2, -0.15) is 0 Å². The molecule has 0 fully saturated rings. The number of thiophene rings is 1. The van der Waals surface area contributed by atoms with E-state index in [1.54, 1.807) is 0 Å². The Morgan fingerprint density at radius 2 is 1.12 bits per heavy atom. The first-order valence-corrected chi connectivity index (χ1v) is 15.4. The Morgan fingerprint density at radius 1 is 0.442 bits per heavy atom. The Kier molecular flexibility index (Phi) is 5.40. The molecular weight excluding hydrogens is 541 g/mol. The molecule has 0 N–H and O–H groups in total. The normalized spacial score (nSPS) is 11.7. The zero-order chi connectivity index (χ0) is 28.3. The summed E-state index contributed by atoms with van der Waals surface area (Å²) in [5.74, 6) is 0. The largest absolute Gasteiger partial charge is 0.309 e. The van der Waals surface area contributed by atoms with E-state index in [9.17, 15) is 0 Å². The van der Waals surface area contributed by atoms with E-state index >= 15 is 0 Å². The van der Waals surface area contributed by atoms with Crippen molar-refractivity contribution in [1.82, 2.24) is 4.57 Å². The van der Waals surface area contributed by atoms with Crippen LogP contribution in [0.2, 0.25) is 0 Å². The average molecular weight is 567 g/mol. The monoisotopic (exact) mass is 566 g/mol. The van der Waals surface area contributed by atoms with Crippen LogP contribution in [0.15, 0.2) is 158 Å². The Balaban J connectivity index is 1.28. The minimum atomic E-state index is 1.15. The van der Waals surface area contributed by atoms with Gasteiger partial charge in [0.1, 0.15) is 0 Å². The number of hydrogen-bond donors (Lipinski definition) is 0. The number of nitrogens with zero attached hydrogens (tertiary/aromatic N) is 2. The van der Waals surface area contributed by atoms with Crippen LogP contribution < -0.4 is 4.90 Å². The van der Waals surface area contributed by atoms with Gasteiger partial charge in [0.25, 0.3) is 0 Å². The van der Waals surface area contributed by atoms with Gasteiger partial charge in [0, 0.05) is 43.3 Å². The van der Waals surface area contributed by atoms with Gasteiger partial charge >= 0.3 is 0 Å². The van der Waals surface area contributed by atoms with Crippen LogP contribution in [-0.4, -0.2) is 4.57 Å². The van der Waals surface area contributed by atoms with Crippen molar-refractivity contribution >= 4 is 81.1 Å². The van der Waals surface area contributed by atoms with Crippen LogP contribution in [-0.2, 0) is 0 Å². The molecule has 3 heteroatoms. The Labute approximate surface area is 253 Å². The third kappa shape index (κ3) is 3.79. The van der Waals surface area contributed by atoms with Crippen LogP contribution in [0.4, 0.5) is 17.1 Å². The summed E-state index contributed by atoms with van der Waals surface area (Å²) in [5, 5.41) is 7.61. The van der Waals surface area contributed by atoms with E-state index in [2.05, 4.69) is 167 Å². The number of anilines is 3. The fraction of sp³-hybridized carbons (Fsp3) is 0. The highest BCUT2D eigenvalue weighted by atomic mass is 32.1. The fourth-order valence-electron chi connectivity index (χ4n) is 6.61. The van der Waals surface area contributed by atoms with Crippen LogP contribution in [0.25, 0.3) is 58.4 Å². The summed E-state index contributed by atoms with van der Waals surface area (Å²) in [5.41, 5.74) is 7.14. The van der Waals surface area contributed by atoms with Crippen LogP contribution in [0.3, 0.4) is 0 Å². The Bertz CT molecular complexity index is 2410. The molecule has 0 radical (unpaired) electrons. The molecule has 0 unspecified atom stereocenters. The van der Waals surface area contributed by atoms with Crippen LogP contribution >= 0.6 is 11.3 Å². The molecule has 9 aromatic rings. The van der Waals surface area contributed by atoms with Gasteiger partial charge in [-0.25, -0.2) is 0 Å². The third-order valence-electron chi connectivity index (χ3n) is 8.54. The predicted octanol–water partition coefficient (Wildman–Crippen LogP) is 11.8. The highest BCUT2D eigenvalue weighted by molar-refractivity contribution is 7.26. The SMILES string of the molecule is c1ccc(N(c2ccc3ccccc3c2)c2cccc3c2sc2ccc(-n4c5ccccc5c5ccccc54)cc23)cc1. The minimum Gasteiger partial charge on any atom is -0.309 e. The van der Waals surface area contributed by atoms with E-state index in [0.29, 0.717) is 0 Å². The van der Waals surface area contributed by atoms with Crippen molar-refractivity contribution in [3.63, 3.8) is 0 Å². The number of para-hydroxylation sites is 3. The summed E-state index contributed by atoms with van der Waals surface area (Å²) in [6, 6.07) is 57.2. The second-order valence-electron chi connectivity index (χ2n) is 11.0. The van der Waals surface area contributed by atoms with Crippen molar-refractivity contribution in [2.24, 2.45) is 0 Å². The van der Waals surface area contributed by atoms with Gasteiger partial charge < -0.3 is 9.47 Å². The summed E-state index contributed by atoms with van der Waals surface area (Å²) in [6.45, 7) is 0. The van der Waals surface area contributed by atoms with E-state index in [0.717, 1.165) is 11.4 Å². The first-order chi connectivity index (χ1) is 21.3. The maximum atomic E-state index is 2.41. The lowest BCUT2D eigenvalue weighted by molar-refractivity contribution is 1.19. The van der Waals surface area contributed by atoms with E-state index in [1.807, 2.05) is 11.3 Å². The molecule has 0 aliphatic heterocycles. The van der Waals surface area contributed by atoms with Gasteiger partial charge in [-0.15, -0.1) is 11.3 Å². The van der Waals surface area contributed by atoms with Gasteiger partial charge in [0.05, 0.1) is 21.4 Å². The second-order valence-corrected chi connectivity index (χ2v) is 12.1. The van der Waals surface area contributed by atoms with Gasteiger partial charge in [-0.1, -0.05) is 97.1 Å². The summed E-state index contributed by atoms with van der Waals surface area (Å²) in [7, 11) is 0. The number of fused-ring (bicyclic) bond motifs is 7. The smallest absolute Gasteiger partial charge is 0.0640 e. The van der Waals surface area contributed by atoms with Crippen molar-refractivity contribution in [2.45, 2.75) is 0 Å². The second kappa shape index (κ2) is 9.59. The number of hydrogen-bond acceptors (Lipinski definition) is 2. The number of rotatable bonds is 4. The van der Waals surface area contributed by atoms with Crippen LogP contribution in [0.1, 0.15) is 0 Å². The van der Waals surface area contributed by atoms with Crippen molar-refractivity contribution in [2.75, 3.05) is 4.90 Å². The molecule has 0 aliphatic carbocycles. The molecule has 0 amide bonds. The molecule has 2 nitrogen and oxygen atoms in total. The molecule has 0 saturated carbocycles. The maximum Gasteiger partial charge on any atom is 0.0640 e. The molecule has 7 aromatic carbocycles. The van der Waals surface area contributed by atoms with Crippen molar-refractivity contribution in [3.05, 3.63) is 158 Å². The van der Waals surface area contributed by atoms with Gasteiger partial charge in [-0.05, 0) is 71.4 Å². The number of benzene rings is 7. The molecule has 2 aromatic heterocycles. The van der Waals surface area contributed by atoms with Gasteiger partial charge in [-0.3, -0.25) is 0 Å². The molecule has 0 aliphatic rings. The zero-order valence-electron chi connectivity index (χ0n) is 23.3. The molecule has 43 heavy (non-hydrogen) atoms. The molecule has 0 atom stereocenters. The summed E-state index contributed by atoms with van der Waals surface area (Å²) in [4.78, 5) is 2.40. The zero-order valence-corrected chi connectivity index (χ0v) is 24.1. The van der Waals surface area contributed by atoms with Gasteiger partial charge in [0.15, 0.2) is 0 Å². The van der Waals surface area contributed by atoms with Crippen LogP contribution in [0, 0.1) is 0 Å². The molecule has 0 bridgehead atoms. The lowest BCUT2D eigenvalue weighted by Crippen LogP contribution is -2.09. The molecular formula is C40H26N2S. The third-order valence-corrected chi connectivity index (χ3v) is 9.75. The number of aromatic nitrogens is 1. The quantitative estimate of drug-likeness (QED) is 0.206. The molecule has 9 rings (SSSR count). The highest BCUT2D eigenvalue weighted by Crippen LogP contribution is 2.45. The standard InChI is InChI=1S/C40H26N2S/c1-2-13-29(14-3-1)41(30-22-21-27-11-4-5-12-28(27)25-30)38-20-10-17-34-35-26-31(23-24-39(35)43-40(34)38)42-36-18-8-6-15-32(36)33-16-7-9-19-37(33)42/h1-26H. The summed E-state index contributed by atoms with van der Waals surface area (Å²) in [6.07, 6.45) is 0. The lowest BCUT2D eigenvalue weighted by Gasteiger charge is -2.26. The fourth-order valence-corrected chi connectivity index (χ4v) is 7.79. The van der Waals surface area contributed by atoms with E-state index in [-0.39, 0.29) is 0 Å². The maximum absolute atomic E-state index is 2.41.